The fourth-order valence-electron chi connectivity index (χ4n) is 3.75. The fourth-order valence-corrected chi connectivity index (χ4v) is 3.75. The van der Waals surface area contributed by atoms with E-state index in [1.807, 2.05) is 103 Å². The Morgan fingerprint density at radius 1 is 0.968 bits per heavy atom. The highest BCUT2D eigenvalue weighted by Crippen LogP contribution is 2.29. The molecule has 31 heavy (non-hydrogen) atoms. The Balaban J connectivity index is 1.44. The van der Waals surface area contributed by atoms with E-state index in [-0.39, 0.29) is 5.91 Å². The Bertz CT molecular complexity index is 1350. The van der Waals surface area contributed by atoms with Crippen LogP contribution in [0.2, 0.25) is 0 Å². The second kappa shape index (κ2) is 7.95. The van der Waals surface area contributed by atoms with Crippen LogP contribution < -0.4 is 10.1 Å². The molecular formula is C26H21N3O2. The number of pyridine rings is 1. The first-order valence-electron chi connectivity index (χ1n) is 10.2. The summed E-state index contributed by atoms with van der Waals surface area (Å²) in [4.78, 5) is 17.8. The van der Waals surface area contributed by atoms with E-state index in [4.69, 9.17) is 4.74 Å². The summed E-state index contributed by atoms with van der Waals surface area (Å²) in [6.45, 7) is 2.40. The van der Waals surface area contributed by atoms with Gasteiger partial charge in [-0.3, -0.25) is 4.79 Å². The lowest BCUT2D eigenvalue weighted by atomic mass is 10.0. The van der Waals surface area contributed by atoms with Gasteiger partial charge in [-0.2, -0.15) is 0 Å². The highest BCUT2D eigenvalue weighted by molar-refractivity contribution is 6.15. The maximum absolute atomic E-state index is 13.2. The molecule has 0 atom stereocenters. The van der Waals surface area contributed by atoms with Gasteiger partial charge in [0.05, 0.1) is 17.9 Å². The van der Waals surface area contributed by atoms with Crippen LogP contribution in [0.25, 0.3) is 27.7 Å². The van der Waals surface area contributed by atoms with Gasteiger partial charge in [-0.15, -0.1) is 0 Å². The van der Waals surface area contributed by atoms with Crippen LogP contribution in [-0.4, -0.2) is 21.9 Å². The van der Waals surface area contributed by atoms with Crippen molar-refractivity contribution in [3.8, 4) is 17.0 Å². The molecular weight excluding hydrogens is 386 g/mol. The van der Waals surface area contributed by atoms with Gasteiger partial charge < -0.3 is 14.5 Å². The van der Waals surface area contributed by atoms with Crippen LogP contribution in [0.15, 0.2) is 91.3 Å². The number of aromatic nitrogens is 2. The predicted octanol–water partition coefficient (Wildman–Crippen LogP) is 5.81. The van der Waals surface area contributed by atoms with Gasteiger partial charge in [0.25, 0.3) is 5.91 Å². The van der Waals surface area contributed by atoms with Crippen molar-refractivity contribution in [1.82, 2.24) is 9.38 Å². The zero-order chi connectivity index (χ0) is 21.2. The monoisotopic (exact) mass is 407 g/mol. The molecule has 0 bridgehead atoms. The molecule has 0 saturated carbocycles. The highest BCUT2D eigenvalue weighted by atomic mass is 16.5. The topological polar surface area (TPSA) is 55.6 Å². The highest BCUT2D eigenvalue weighted by Gasteiger charge is 2.17. The Hall–Kier alpha value is -4.12. The predicted molar refractivity (Wildman–Crippen MR) is 124 cm³/mol. The minimum atomic E-state index is -0.194. The maximum atomic E-state index is 13.2. The fraction of sp³-hybridized carbons (Fsp3) is 0.0769. The smallest absolute Gasteiger partial charge is 0.260 e. The van der Waals surface area contributed by atoms with E-state index in [1.54, 1.807) is 0 Å². The number of nitrogens with zero attached hydrogens (tertiary/aromatic N) is 2. The van der Waals surface area contributed by atoms with Crippen LogP contribution in [-0.2, 0) is 0 Å². The van der Waals surface area contributed by atoms with Crippen LogP contribution in [0, 0.1) is 0 Å². The van der Waals surface area contributed by atoms with Gasteiger partial charge in [0, 0.05) is 23.6 Å². The average Bonchev–Trinajstić information content (AvgIpc) is 3.24. The molecule has 0 aliphatic rings. The number of rotatable bonds is 5. The SMILES string of the molecule is CCOc1ccc2ccccc2c1C(=O)Nc1ccc(-c2cn3ccccc3n2)cc1. The number of benzene rings is 3. The van der Waals surface area contributed by atoms with E-state index >= 15 is 0 Å². The number of hydrogen-bond acceptors (Lipinski definition) is 3. The molecule has 0 saturated heterocycles. The Labute approximate surface area is 179 Å². The Kier molecular flexibility index (Phi) is 4.84. The van der Waals surface area contributed by atoms with Gasteiger partial charge in [-0.1, -0.05) is 48.5 Å². The van der Waals surface area contributed by atoms with Crippen LogP contribution in [0.1, 0.15) is 17.3 Å². The lowest BCUT2D eigenvalue weighted by Gasteiger charge is -2.13. The third kappa shape index (κ3) is 3.62. The molecule has 3 aromatic carbocycles. The van der Waals surface area contributed by atoms with Crippen LogP contribution in [0.4, 0.5) is 5.69 Å². The number of fused-ring (bicyclic) bond motifs is 2. The Morgan fingerprint density at radius 2 is 1.77 bits per heavy atom. The summed E-state index contributed by atoms with van der Waals surface area (Å²) in [7, 11) is 0. The second-order valence-corrected chi connectivity index (χ2v) is 7.22. The molecule has 0 aliphatic heterocycles. The van der Waals surface area contributed by atoms with Gasteiger partial charge in [0.1, 0.15) is 11.4 Å². The third-order valence-corrected chi connectivity index (χ3v) is 5.22. The van der Waals surface area contributed by atoms with Crippen molar-refractivity contribution >= 4 is 28.0 Å². The van der Waals surface area contributed by atoms with Crippen molar-refractivity contribution in [3.05, 3.63) is 96.8 Å². The quantitative estimate of drug-likeness (QED) is 0.400. The lowest BCUT2D eigenvalue weighted by Crippen LogP contribution is -2.14. The number of amides is 1. The Morgan fingerprint density at radius 3 is 2.58 bits per heavy atom. The number of imidazole rings is 1. The molecule has 152 valence electrons. The first-order valence-corrected chi connectivity index (χ1v) is 10.2. The van der Waals surface area contributed by atoms with Crippen molar-refractivity contribution in [2.75, 3.05) is 11.9 Å². The normalized spacial score (nSPS) is 11.0. The molecule has 1 amide bonds. The average molecular weight is 407 g/mol. The third-order valence-electron chi connectivity index (χ3n) is 5.22. The summed E-state index contributed by atoms with van der Waals surface area (Å²) >= 11 is 0. The molecule has 5 rings (SSSR count). The molecule has 0 radical (unpaired) electrons. The second-order valence-electron chi connectivity index (χ2n) is 7.22. The van der Waals surface area contributed by atoms with Gasteiger partial charge in [0.2, 0.25) is 0 Å². The van der Waals surface area contributed by atoms with E-state index in [2.05, 4.69) is 10.3 Å². The molecule has 1 N–H and O–H groups in total. The molecule has 0 unspecified atom stereocenters. The van der Waals surface area contributed by atoms with Gasteiger partial charge >= 0.3 is 0 Å². The van der Waals surface area contributed by atoms with Crippen LogP contribution >= 0.6 is 0 Å². The van der Waals surface area contributed by atoms with E-state index in [0.717, 1.165) is 27.7 Å². The molecule has 0 fully saturated rings. The summed E-state index contributed by atoms with van der Waals surface area (Å²) in [5, 5.41) is 4.88. The van der Waals surface area contributed by atoms with E-state index < -0.39 is 0 Å². The minimum Gasteiger partial charge on any atom is -0.493 e. The van der Waals surface area contributed by atoms with E-state index in [1.165, 1.54) is 0 Å². The van der Waals surface area contributed by atoms with Gasteiger partial charge in [0.15, 0.2) is 0 Å². The molecule has 5 heteroatoms. The van der Waals surface area contributed by atoms with Crippen LogP contribution in [0.3, 0.4) is 0 Å². The molecule has 2 heterocycles. The zero-order valence-corrected chi connectivity index (χ0v) is 17.1. The van der Waals surface area contributed by atoms with Gasteiger partial charge in [-0.05, 0) is 48.0 Å². The largest absolute Gasteiger partial charge is 0.493 e. The molecule has 0 aliphatic carbocycles. The standard InChI is InChI=1S/C26H21N3O2/c1-2-31-23-15-12-18-7-3-4-8-21(18)25(23)26(30)27-20-13-10-19(11-14-20)22-17-29-16-6-5-9-24(29)28-22/h3-17H,2H2,1H3,(H,27,30). The number of anilines is 1. The first kappa shape index (κ1) is 18.9. The molecule has 0 spiro atoms. The maximum Gasteiger partial charge on any atom is 0.260 e. The summed E-state index contributed by atoms with van der Waals surface area (Å²) in [5.41, 5.74) is 4.03. The number of carbonyl (C=O) groups excluding carboxylic acids is 1. The number of carbonyl (C=O) groups is 1. The summed E-state index contributed by atoms with van der Waals surface area (Å²) in [5.74, 6) is 0.390. The van der Waals surface area contributed by atoms with E-state index in [0.29, 0.717) is 23.6 Å². The van der Waals surface area contributed by atoms with Crippen molar-refractivity contribution < 1.29 is 9.53 Å². The van der Waals surface area contributed by atoms with Crippen molar-refractivity contribution in [2.24, 2.45) is 0 Å². The summed E-state index contributed by atoms with van der Waals surface area (Å²) < 4.78 is 7.73. The molecule has 2 aromatic heterocycles. The molecule has 5 nitrogen and oxygen atoms in total. The summed E-state index contributed by atoms with van der Waals surface area (Å²) in [6, 6.07) is 25.3. The van der Waals surface area contributed by atoms with Crippen molar-refractivity contribution in [3.63, 3.8) is 0 Å². The van der Waals surface area contributed by atoms with Crippen molar-refractivity contribution in [2.45, 2.75) is 6.92 Å². The molecule has 5 aromatic rings. The first-order chi connectivity index (χ1) is 15.2. The lowest BCUT2D eigenvalue weighted by molar-refractivity contribution is 0.102. The number of hydrogen-bond donors (Lipinski definition) is 1. The number of ether oxygens (including phenoxy) is 1. The summed E-state index contributed by atoms with van der Waals surface area (Å²) in [6.07, 6.45) is 3.97. The van der Waals surface area contributed by atoms with E-state index in [9.17, 15) is 4.79 Å². The number of nitrogens with one attached hydrogen (secondary N) is 1. The van der Waals surface area contributed by atoms with Crippen molar-refractivity contribution in [1.29, 1.82) is 0 Å². The minimum absolute atomic E-state index is 0.194. The van der Waals surface area contributed by atoms with Crippen LogP contribution in [0.5, 0.6) is 5.75 Å². The zero-order valence-electron chi connectivity index (χ0n) is 17.1. The van der Waals surface area contributed by atoms with Gasteiger partial charge in [-0.25, -0.2) is 4.98 Å².